The number of nitrogens with one attached hydrogen (secondary N) is 1. The predicted octanol–water partition coefficient (Wildman–Crippen LogP) is 3.15. The lowest BCUT2D eigenvalue weighted by Gasteiger charge is -2.14. The van der Waals surface area contributed by atoms with Crippen LogP contribution in [0.3, 0.4) is 0 Å². The average molecular weight is 342 g/mol. The smallest absolute Gasteiger partial charge is 0.251 e. The third kappa shape index (κ3) is 2.88. The summed E-state index contributed by atoms with van der Waals surface area (Å²) in [5.74, 6) is 0.795. The molecule has 1 N–H and O–H groups in total. The molecular weight excluding hydrogens is 326 g/mol. The normalized spacial score (nSPS) is 13.7. The van der Waals surface area contributed by atoms with E-state index in [1.165, 1.54) is 0 Å². The molecule has 0 unspecified atom stereocenters. The van der Waals surface area contributed by atoms with Crippen LogP contribution >= 0.6 is 11.6 Å². The van der Waals surface area contributed by atoms with Gasteiger partial charge in [-0.1, -0.05) is 23.7 Å². The second-order valence-electron chi connectivity index (χ2n) is 5.74. The molecule has 1 amide bonds. The van der Waals surface area contributed by atoms with Crippen molar-refractivity contribution in [2.24, 2.45) is 0 Å². The Kier molecular flexibility index (Phi) is 3.96. The van der Waals surface area contributed by atoms with Crippen molar-refractivity contribution in [1.29, 1.82) is 0 Å². The first kappa shape index (κ1) is 15.2. The summed E-state index contributed by atoms with van der Waals surface area (Å²) in [5.41, 5.74) is 3.48. The monoisotopic (exact) mass is 341 g/mol. The molecule has 0 bridgehead atoms. The number of hydrogen-bond donors (Lipinski definition) is 1. The van der Waals surface area contributed by atoms with E-state index in [2.05, 4.69) is 14.9 Å². The van der Waals surface area contributed by atoms with Crippen molar-refractivity contribution < 1.29 is 9.53 Å². The predicted molar refractivity (Wildman–Crippen MR) is 92.0 cm³/mol. The fourth-order valence-electron chi connectivity index (χ4n) is 2.89. The number of carbonyl (C=O) groups excluding carboxylic acids is 1. The Hall–Kier alpha value is -2.37. The summed E-state index contributed by atoms with van der Waals surface area (Å²) >= 11 is 5.86. The second-order valence-corrected chi connectivity index (χ2v) is 6.18. The summed E-state index contributed by atoms with van der Waals surface area (Å²) in [4.78, 5) is 16.9. The van der Waals surface area contributed by atoms with Crippen molar-refractivity contribution in [3.8, 4) is 0 Å². The molecule has 1 aromatic heterocycles. The van der Waals surface area contributed by atoms with Gasteiger partial charge in [-0.3, -0.25) is 4.79 Å². The fourth-order valence-corrected chi connectivity index (χ4v) is 3.01. The maximum Gasteiger partial charge on any atom is 0.251 e. The number of ether oxygens (including phenoxy) is 1. The van der Waals surface area contributed by atoms with Gasteiger partial charge in [0.1, 0.15) is 12.4 Å². The van der Waals surface area contributed by atoms with Crippen molar-refractivity contribution in [2.45, 2.75) is 19.7 Å². The highest BCUT2D eigenvalue weighted by atomic mass is 35.5. The highest BCUT2D eigenvalue weighted by Gasteiger charge is 2.16. The number of fused-ring (bicyclic) bond motifs is 3. The Balaban J connectivity index is 1.52. The van der Waals surface area contributed by atoms with Gasteiger partial charge in [0.25, 0.3) is 5.91 Å². The van der Waals surface area contributed by atoms with E-state index in [4.69, 9.17) is 16.3 Å². The van der Waals surface area contributed by atoms with Crippen LogP contribution in [0.5, 0.6) is 0 Å². The number of hydrogen-bond acceptors (Lipinski definition) is 3. The summed E-state index contributed by atoms with van der Waals surface area (Å²) in [5, 5.41) is 3.60. The van der Waals surface area contributed by atoms with Crippen LogP contribution in [-0.4, -0.2) is 22.1 Å². The van der Waals surface area contributed by atoms with E-state index in [1.807, 2.05) is 42.5 Å². The second kappa shape index (κ2) is 6.26. The Morgan fingerprint density at radius 1 is 1.25 bits per heavy atom. The van der Waals surface area contributed by atoms with Crippen LogP contribution in [0.2, 0.25) is 5.02 Å². The van der Waals surface area contributed by atoms with Crippen LogP contribution in [0.15, 0.2) is 42.5 Å². The number of amides is 1. The molecule has 4 rings (SSSR count). The molecule has 0 saturated heterocycles. The molecule has 0 radical (unpaired) electrons. The molecule has 1 aliphatic rings. The molecule has 0 saturated carbocycles. The van der Waals surface area contributed by atoms with Gasteiger partial charge in [0.2, 0.25) is 0 Å². The fraction of sp³-hybridized carbons (Fsp3) is 0.222. The summed E-state index contributed by atoms with van der Waals surface area (Å²) in [6, 6.07) is 13.0. The minimum absolute atomic E-state index is 0.117. The third-order valence-corrected chi connectivity index (χ3v) is 4.40. The van der Waals surface area contributed by atoms with Crippen molar-refractivity contribution in [1.82, 2.24) is 14.9 Å². The van der Waals surface area contributed by atoms with Crippen LogP contribution < -0.4 is 5.32 Å². The summed E-state index contributed by atoms with van der Waals surface area (Å²) in [7, 11) is 0. The van der Waals surface area contributed by atoms with Crippen LogP contribution in [0.4, 0.5) is 0 Å². The highest BCUT2D eigenvalue weighted by Crippen LogP contribution is 2.21. The van der Waals surface area contributed by atoms with Gasteiger partial charge in [0.05, 0.1) is 17.6 Å². The Labute approximate surface area is 144 Å². The molecule has 122 valence electrons. The van der Waals surface area contributed by atoms with Crippen molar-refractivity contribution >= 4 is 28.5 Å². The minimum Gasteiger partial charge on any atom is -0.372 e. The van der Waals surface area contributed by atoms with Crippen LogP contribution in [0, 0.1) is 0 Å². The molecule has 6 heteroatoms. The zero-order valence-corrected chi connectivity index (χ0v) is 13.7. The first-order valence-electron chi connectivity index (χ1n) is 7.80. The number of imidazole rings is 1. The van der Waals surface area contributed by atoms with Gasteiger partial charge in [-0.05, 0) is 35.9 Å². The number of aromatic nitrogens is 2. The van der Waals surface area contributed by atoms with E-state index in [1.54, 1.807) is 0 Å². The molecule has 2 heterocycles. The van der Waals surface area contributed by atoms with E-state index in [0.29, 0.717) is 30.3 Å². The van der Waals surface area contributed by atoms with Crippen molar-refractivity contribution in [3.63, 3.8) is 0 Å². The number of carbonyl (C=O) groups is 1. The first-order chi connectivity index (χ1) is 11.7. The summed E-state index contributed by atoms with van der Waals surface area (Å²) in [6.07, 6.45) is 0. The Morgan fingerprint density at radius 3 is 2.92 bits per heavy atom. The van der Waals surface area contributed by atoms with Crippen LogP contribution in [0.1, 0.15) is 21.7 Å². The van der Waals surface area contributed by atoms with Gasteiger partial charge in [-0.25, -0.2) is 4.98 Å². The van der Waals surface area contributed by atoms with E-state index >= 15 is 0 Å². The zero-order valence-electron chi connectivity index (χ0n) is 13.0. The SMILES string of the molecule is O=C(NCc1ccc(Cl)cc1)c1ccc2c(c1)nc1n2CCOC1. The number of benzene rings is 2. The maximum atomic E-state index is 12.4. The van der Waals surface area contributed by atoms with E-state index in [-0.39, 0.29) is 5.91 Å². The summed E-state index contributed by atoms with van der Waals surface area (Å²) < 4.78 is 7.57. The van der Waals surface area contributed by atoms with Crippen molar-refractivity contribution in [3.05, 3.63) is 64.4 Å². The van der Waals surface area contributed by atoms with Gasteiger partial charge in [0, 0.05) is 23.7 Å². The molecule has 2 aromatic carbocycles. The average Bonchev–Trinajstić information content (AvgIpc) is 2.98. The zero-order chi connectivity index (χ0) is 16.5. The van der Waals surface area contributed by atoms with Crippen LogP contribution in [-0.2, 0) is 24.4 Å². The third-order valence-electron chi connectivity index (χ3n) is 4.15. The standard InChI is InChI=1S/C18H16ClN3O2/c19-14-4-1-12(2-5-14)10-20-18(23)13-3-6-16-15(9-13)21-17-11-24-8-7-22(16)17/h1-6,9H,7-8,10-11H2,(H,20,23). The van der Waals surface area contributed by atoms with E-state index < -0.39 is 0 Å². The van der Waals surface area contributed by atoms with Gasteiger partial charge in [0.15, 0.2) is 0 Å². The lowest BCUT2D eigenvalue weighted by Crippen LogP contribution is -2.22. The quantitative estimate of drug-likeness (QED) is 0.796. The molecule has 0 spiro atoms. The van der Waals surface area contributed by atoms with Gasteiger partial charge >= 0.3 is 0 Å². The molecule has 3 aromatic rings. The number of rotatable bonds is 3. The molecule has 0 atom stereocenters. The lowest BCUT2D eigenvalue weighted by molar-refractivity contribution is 0.0830. The number of nitrogens with zero attached hydrogens (tertiary/aromatic N) is 2. The van der Waals surface area contributed by atoms with E-state index in [0.717, 1.165) is 29.0 Å². The van der Waals surface area contributed by atoms with Gasteiger partial charge in [-0.2, -0.15) is 0 Å². The first-order valence-corrected chi connectivity index (χ1v) is 8.18. The Morgan fingerprint density at radius 2 is 2.08 bits per heavy atom. The highest BCUT2D eigenvalue weighted by molar-refractivity contribution is 6.30. The van der Waals surface area contributed by atoms with E-state index in [9.17, 15) is 4.79 Å². The largest absolute Gasteiger partial charge is 0.372 e. The van der Waals surface area contributed by atoms with Gasteiger partial charge < -0.3 is 14.6 Å². The van der Waals surface area contributed by atoms with Crippen molar-refractivity contribution in [2.75, 3.05) is 6.61 Å². The topological polar surface area (TPSA) is 56.2 Å². The molecule has 0 aliphatic carbocycles. The van der Waals surface area contributed by atoms with Crippen LogP contribution in [0.25, 0.3) is 11.0 Å². The number of halogens is 1. The molecular formula is C18H16ClN3O2. The van der Waals surface area contributed by atoms with Gasteiger partial charge in [-0.15, -0.1) is 0 Å². The maximum absolute atomic E-state index is 12.4. The Bertz CT molecular complexity index is 903. The molecule has 24 heavy (non-hydrogen) atoms. The minimum atomic E-state index is -0.117. The molecule has 1 aliphatic heterocycles. The lowest BCUT2D eigenvalue weighted by atomic mass is 10.1. The molecule has 5 nitrogen and oxygen atoms in total. The summed E-state index contributed by atoms with van der Waals surface area (Å²) in [6.45, 7) is 2.48. The molecule has 0 fully saturated rings.